The smallest absolute Gasteiger partial charge is 0.0641 e. The van der Waals surface area contributed by atoms with Crippen LogP contribution in [0.15, 0.2) is 18.5 Å². The van der Waals surface area contributed by atoms with Gasteiger partial charge in [0.25, 0.3) is 0 Å². The second-order valence-electron chi connectivity index (χ2n) is 5.98. The van der Waals surface area contributed by atoms with Gasteiger partial charge < -0.3 is 15.0 Å². The Balaban J connectivity index is 1.81. The number of nitrogens with one attached hydrogen (secondary N) is 1. The average molecular weight is 277 g/mol. The number of likely N-dealkylation sites (N-methyl/N-ethyl adjacent to an activating group) is 1. The van der Waals surface area contributed by atoms with E-state index in [4.69, 9.17) is 4.74 Å². The molecule has 0 radical (unpaired) electrons. The average Bonchev–Trinajstić information content (AvgIpc) is 3.25. The highest BCUT2D eigenvalue weighted by atomic mass is 16.5. The molecular weight excluding hydrogens is 250 g/mol. The van der Waals surface area contributed by atoms with Crippen molar-refractivity contribution in [2.24, 2.45) is 5.92 Å². The predicted molar refractivity (Wildman–Crippen MR) is 83.0 cm³/mol. The molecule has 0 amide bonds. The third-order valence-electron chi connectivity index (χ3n) is 3.61. The van der Waals surface area contributed by atoms with Crippen LogP contribution in [0.4, 0.5) is 5.69 Å². The van der Waals surface area contributed by atoms with Crippen LogP contribution in [0.2, 0.25) is 0 Å². The lowest BCUT2D eigenvalue weighted by Gasteiger charge is -2.22. The van der Waals surface area contributed by atoms with E-state index in [1.165, 1.54) is 24.1 Å². The topological polar surface area (TPSA) is 37.4 Å². The van der Waals surface area contributed by atoms with Crippen molar-refractivity contribution in [2.45, 2.75) is 39.3 Å². The maximum Gasteiger partial charge on any atom is 0.0641 e. The summed E-state index contributed by atoms with van der Waals surface area (Å²) in [5.41, 5.74) is 2.48. The summed E-state index contributed by atoms with van der Waals surface area (Å²) >= 11 is 0. The molecule has 0 spiro atoms. The molecule has 1 N–H and O–H groups in total. The molecule has 0 unspecified atom stereocenters. The van der Waals surface area contributed by atoms with Crippen molar-refractivity contribution in [3.8, 4) is 0 Å². The summed E-state index contributed by atoms with van der Waals surface area (Å²) in [6, 6.07) is 2.56. The number of hydrogen-bond acceptors (Lipinski definition) is 4. The summed E-state index contributed by atoms with van der Waals surface area (Å²) < 4.78 is 5.71. The van der Waals surface area contributed by atoms with Crippen molar-refractivity contribution in [2.75, 3.05) is 31.7 Å². The summed E-state index contributed by atoms with van der Waals surface area (Å²) in [7, 11) is 2.12. The Labute approximate surface area is 122 Å². The molecular formula is C16H27N3O. The number of pyridine rings is 1. The van der Waals surface area contributed by atoms with E-state index in [0.717, 1.165) is 32.2 Å². The third-order valence-corrected chi connectivity index (χ3v) is 3.61. The monoisotopic (exact) mass is 277 g/mol. The molecule has 4 nitrogen and oxygen atoms in total. The molecule has 1 aliphatic rings. The molecule has 4 heteroatoms. The number of anilines is 1. The Morgan fingerprint density at radius 2 is 2.25 bits per heavy atom. The Hall–Kier alpha value is -1.13. The fourth-order valence-corrected chi connectivity index (χ4v) is 2.10. The highest BCUT2D eigenvalue weighted by Gasteiger charge is 2.21. The minimum Gasteiger partial charge on any atom is -0.379 e. The summed E-state index contributed by atoms with van der Waals surface area (Å²) in [4.78, 5) is 6.49. The van der Waals surface area contributed by atoms with Crippen LogP contribution in [-0.2, 0) is 11.3 Å². The first-order chi connectivity index (χ1) is 9.66. The van der Waals surface area contributed by atoms with Gasteiger partial charge in [-0.15, -0.1) is 0 Å². The van der Waals surface area contributed by atoms with E-state index in [1.807, 2.05) is 12.4 Å². The van der Waals surface area contributed by atoms with E-state index >= 15 is 0 Å². The summed E-state index contributed by atoms with van der Waals surface area (Å²) in [6.45, 7) is 7.83. The first kappa shape index (κ1) is 15.3. The molecule has 0 aromatic carbocycles. The Kier molecular flexibility index (Phi) is 5.80. The first-order valence-electron chi connectivity index (χ1n) is 7.62. The molecule has 2 rings (SSSR count). The number of rotatable bonds is 9. The Bertz CT molecular complexity index is 404. The summed E-state index contributed by atoms with van der Waals surface area (Å²) in [6.07, 6.45) is 6.51. The molecule has 0 aliphatic heterocycles. The van der Waals surface area contributed by atoms with E-state index in [9.17, 15) is 0 Å². The second kappa shape index (κ2) is 7.60. The van der Waals surface area contributed by atoms with Gasteiger partial charge >= 0.3 is 0 Å². The van der Waals surface area contributed by atoms with Crippen molar-refractivity contribution in [1.82, 2.24) is 10.3 Å². The van der Waals surface area contributed by atoms with Crippen LogP contribution in [0.3, 0.4) is 0 Å². The van der Waals surface area contributed by atoms with Crippen LogP contribution >= 0.6 is 0 Å². The van der Waals surface area contributed by atoms with Crippen LogP contribution in [0.25, 0.3) is 0 Å². The predicted octanol–water partition coefficient (Wildman–Crippen LogP) is 2.44. The van der Waals surface area contributed by atoms with E-state index in [0.29, 0.717) is 6.04 Å². The van der Waals surface area contributed by atoms with E-state index in [-0.39, 0.29) is 0 Å². The molecule has 1 fully saturated rings. The second-order valence-corrected chi connectivity index (χ2v) is 5.98. The van der Waals surface area contributed by atoms with Crippen molar-refractivity contribution >= 4 is 5.69 Å². The fourth-order valence-electron chi connectivity index (χ4n) is 2.10. The van der Waals surface area contributed by atoms with Crippen molar-refractivity contribution in [1.29, 1.82) is 0 Å². The van der Waals surface area contributed by atoms with Gasteiger partial charge in [0.05, 0.1) is 6.61 Å². The van der Waals surface area contributed by atoms with E-state index in [1.54, 1.807) is 0 Å². The number of nitrogens with zero attached hydrogens (tertiary/aromatic N) is 2. The van der Waals surface area contributed by atoms with Crippen LogP contribution in [0.5, 0.6) is 0 Å². The molecule has 1 aromatic heterocycles. The molecule has 1 aliphatic carbocycles. The van der Waals surface area contributed by atoms with Crippen molar-refractivity contribution in [3.05, 3.63) is 24.0 Å². The largest absolute Gasteiger partial charge is 0.379 e. The molecule has 0 atom stereocenters. The molecule has 112 valence electrons. The highest BCUT2D eigenvalue weighted by molar-refractivity contribution is 5.51. The Morgan fingerprint density at radius 3 is 2.95 bits per heavy atom. The molecule has 1 aromatic rings. The lowest BCUT2D eigenvalue weighted by molar-refractivity contribution is 0.131. The lowest BCUT2D eigenvalue weighted by atomic mass is 10.2. The molecule has 0 saturated heterocycles. The number of hydrogen-bond donors (Lipinski definition) is 1. The molecule has 20 heavy (non-hydrogen) atoms. The van der Waals surface area contributed by atoms with Gasteiger partial charge in [-0.2, -0.15) is 0 Å². The third kappa shape index (κ3) is 5.10. The summed E-state index contributed by atoms with van der Waals surface area (Å²) in [5.74, 6) is 0.840. The normalized spacial score (nSPS) is 14.8. The van der Waals surface area contributed by atoms with Gasteiger partial charge in [0, 0.05) is 56.4 Å². The van der Waals surface area contributed by atoms with Gasteiger partial charge in [0.2, 0.25) is 0 Å². The van der Waals surface area contributed by atoms with E-state index in [2.05, 4.69) is 42.2 Å². The SMILES string of the molecule is CC(C)NCc1cnccc1N(C)CCOCC1CC1. The van der Waals surface area contributed by atoms with Crippen LogP contribution in [0.1, 0.15) is 32.3 Å². The van der Waals surface area contributed by atoms with Gasteiger partial charge in [0.15, 0.2) is 0 Å². The van der Waals surface area contributed by atoms with Crippen molar-refractivity contribution < 1.29 is 4.74 Å². The molecule has 1 heterocycles. The lowest BCUT2D eigenvalue weighted by Crippen LogP contribution is -2.27. The Morgan fingerprint density at radius 1 is 1.45 bits per heavy atom. The standard InChI is InChI=1S/C16H27N3O/c1-13(2)18-11-15-10-17-7-6-16(15)19(3)8-9-20-12-14-4-5-14/h6-7,10,13-14,18H,4-5,8-9,11-12H2,1-3H3. The van der Waals surface area contributed by atoms with Crippen LogP contribution in [-0.4, -0.2) is 37.8 Å². The zero-order chi connectivity index (χ0) is 14.4. The number of ether oxygens (including phenoxy) is 1. The minimum atomic E-state index is 0.482. The van der Waals surface area contributed by atoms with Crippen molar-refractivity contribution in [3.63, 3.8) is 0 Å². The van der Waals surface area contributed by atoms with Crippen LogP contribution < -0.4 is 10.2 Å². The van der Waals surface area contributed by atoms with Gasteiger partial charge in [-0.05, 0) is 24.8 Å². The highest BCUT2D eigenvalue weighted by Crippen LogP contribution is 2.28. The molecule has 1 saturated carbocycles. The molecule has 0 bridgehead atoms. The summed E-state index contributed by atoms with van der Waals surface area (Å²) in [5, 5.41) is 3.45. The fraction of sp³-hybridized carbons (Fsp3) is 0.688. The maximum absolute atomic E-state index is 5.71. The zero-order valence-electron chi connectivity index (χ0n) is 12.9. The van der Waals surface area contributed by atoms with E-state index < -0.39 is 0 Å². The zero-order valence-corrected chi connectivity index (χ0v) is 12.9. The van der Waals surface area contributed by atoms with Gasteiger partial charge in [-0.1, -0.05) is 13.8 Å². The van der Waals surface area contributed by atoms with Gasteiger partial charge in [-0.25, -0.2) is 0 Å². The minimum absolute atomic E-state index is 0.482. The first-order valence-corrected chi connectivity index (χ1v) is 7.62. The number of aromatic nitrogens is 1. The maximum atomic E-state index is 5.71. The quantitative estimate of drug-likeness (QED) is 0.704. The van der Waals surface area contributed by atoms with Gasteiger partial charge in [0.1, 0.15) is 0 Å². The van der Waals surface area contributed by atoms with Gasteiger partial charge in [-0.3, -0.25) is 4.98 Å². The van der Waals surface area contributed by atoms with Crippen LogP contribution in [0, 0.1) is 5.92 Å².